The molecule has 0 radical (unpaired) electrons. The fraction of sp³-hybridized carbons (Fsp3) is 0.643. The first-order valence-electron chi connectivity index (χ1n) is 6.59. The molecular formula is C14H24N2S. The van der Waals surface area contributed by atoms with Crippen LogP contribution in [-0.4, -0.2) is 16.8 Å². The van der Waals surface area contributed by atoms with Gasteiger partial charge in [0.1, 0.15) is 0 Å². The predicted octanol–water partition coefficient (Wildman–Crippen LogP) is 3.64. The van der Waals surface area contributed by atoms with Crippen LogP contribution in [0.15, 0.2) is 23.4 Å². The van der Waals surface area contributed by atoms with Gasteiger partial charge in [-0.2, -0.15) is 0 Å². The third-order valence-electron chi connectivity index (χ3n) is 2.82. The summed E-state index contributed by atoms with van der Waals surface area (Å²) in [6, 6.07) is 4.54. The van der Waals surface area contributed by atoms with Crippen LogP contribution in [0.5, 0.6) is 0 Å². The predicted molar refractivity (Wildman–Crippen MR) is 76.5 cm³/mol. The number of nitrogens with two attached hydrogens (primary N) is 1. The average Bonchev–Trinajstić information content (AvgIpc) is 2.36. The highest BCUT2D eigenvalue weighted by Gasteiger charge is 2.02. The summed E-state index contributed by atoms with van der Waals surface area (Å²) in [5.74, 6) is 1.18. The van der Waals surface area contributed by atoms with Gasteiger partial charge in [-0.25, -0.2) is 4.98 Å². The molecule has 17 heavy (non-hydrogen) atoms. The molecule has 1 aromatic heterocycles. The molecule has 0 aromatic carbocycles. The van der Waals surface area contributed by atoms with Crippen LogP contribution in [0.4, 0.5) is 0 Å². The molecule has 1 rings (SSSR count). The number of hydrogen-bond donors (Lipinski definition) is 1. The molecule has 0 spiro atoms. The zero-order chi connectivity index (χ0) is 12.5. The maximum absolute atomic E-state index is 5.92. The van der Waals surface area contributed by atoms with Crippen LogP contribution in [-0.2, 0) is 6.42 Å². The normalized spacial score (nSPS) is 12.6. The van der Waals surface area contributed by atoms with Gasteiger partial charge in [0.25, 0.3) is 0 Å². The minimum atomic E-state index is 0.264. The summed E-state index contributed by atoms with van der Waals surface area (Å²) in [7, 11) is 0. The van der Waals surface area contributed by atoms with E-state index in [-0.39, 0.29) is 6.04 Å². The smallest absolute Gasteiger partial charge is 0.0960 e. The van der Waals surface area contributed by atoms with E-state index in [1.165, 1.54) is 30.6 Å². The zero-order valence-electron chi connectivity index (χ0n) is 11.0. The van der Waals surface area contributed by atoms with Gasteiger partial charge >= 0.3 is 0 Å². The monoisotopic (exact) mass is 252 g/mol. The summed E-state index contributed by atoms with van der Waals surface area (Å²) in [6.45, 7) is 4.35. The van der Waals surface area contributed by atoms with Gasteiger partial charge in [0.15, 0.2) is 0 Å². The van der Waals surface area contributed by atoms with Gasteiger partial charge in [-0.05, 0) is 36.6 Å². The highest BCUT2D eigenvalue weighted by atomic mass is 32.2. The molecule has 96 valence electrons. The van der Waals surface area contributed by atoms with Crippen molar-refractivity contribution in [1.82, 2.24) is 4.98 Å². The topological polar surface area (TPSA) is 38.9 Å². The van der Waals surface area contributed by atoms with E-state index in [1.54, 1.807) is 0 Å². The van der Waals surface area contributed by atoms with E-state index in [4.69, 9.17) is 5.73 Å². The van der Waals surface area contributed by atoms with E-state index in [9.17, 15) is 0 Å². The van der Waals surface area contributed by atoms with E-state index in [2.05, 4.69) is 31.0 Å². The number of pyridine rings is 1. The van der Waals surface area contributed by atoms with Crippen molar-refractivity contribution in [1.29, 1.82) is 0 Å². The van der Waals surface area contributed by atoms with Crippen LogP contribution in [0, 0.1) is 0 Å². The molecule has 1 unspecified atom stereocenters. The Hall–Kier alpha value is -0.540. The molecular weight excluding hydrogens is 228 g/mol. The third-order valence-corrected chi connectivity index (χ3v) is 3.85. The van der Waals surface area contributed by atoms with Crippen LogP contribution in [0.2, 0.25) is 0 Å². The maximum Gasteiger partial charge on any atom is 0.0960 e. The second-order valence-electron chi connectivity index (χ2n) is 4.43. The van der Waals surface area contributed by atoms with E-state index >= 15 is 0 Å². The summed E-state index contributed by atoms with van der Waals surface area (Å²) in [4.78, 5) is 4.47. The fourth-order valence-corrected chi connectivity index (χ4v) is 2.44. The van der Waals surface area contributed by atoms with Gasteiger partial charge in [-0.15, -0.1) is 11.8 Å². The molecule has 0 aliphatic rings. The van der Waals surface area contributed by atoms with Crippen LogP contribution in [0.25, 0.3) is 0 Å². The number of unbranched alkanes of at least 4 members (excludes halogenated alkanes) is 2. The van der Waals surface area contributed by atoms with Crippen molar-refractivity contribution in [2.75, 3.05) is 5.75 Å². The molecule has 1 aromatic rings. The Balaban J connectivity index is 2.34. The Morgan fingerprint density at radius 1 is 1.29 bits per heavy atom. The van der Waals surface area contributed by atoms with Crippen LogP contribution < -0.4 is 5.73 Å². The van der Waals surface area contributed by atoms with Crippen molar-refractivity contribution in [3.05, 3.63) is 23.9 Å². The molecule has 2 N–H and O–H groups in total. The molecule has 0 fully saturated rings. The summed E-state index contributed by atoms with van der Waals surface area (Å²) >= 11 is 1.85. The minimum Gasteiger partial charge on any atom is -0.327 e. The molecule has 1 atom stereocenters. The first-order valence-corrected chi connectivity index (χ1v) is 7.58. The summed E-state index contributed by atoms with van der Waals surface area (Å²) in [6.07, 6.45) is 7.80. The van der Waals surface area contributed by atoms with Gasteiger partial charge in [-0.1, -0.05) is 32.8 Å². The van der Waals surface area contributed by atoms with E-state index in [0.29, 0.717) is 0 Å². The third kappa shape index (κ3) is 6.08. The summed E-state index contributed by atoms with van der Waals surface area (Å²) in [5.41, 5.74) is 7.17. The Morgan fingerprint density at radius 2 is 2.12 bits per heavy atom. The lowest BCUT2D eigenvalue weighted by Gasteiger charge is -2.08. The average molecular weight is 252 g/mol. The largest absolute Gasteiger partial charge is 0.327 e. The number of nitrogens with zero attached hydrogens (tertiary/aromatic N) is 1. The van der Waals surface area contributed by atoms with Crippen molar-refractivity contribution in [3.8, 4) is 0 Å². The second-order valence-corrected chi connectivity index (χ2v) is 5.55. The molecule has 0 saturated heterocycles. The lowest BCUT2D eigenvalue weighted by atomic mass is 10.1. The molecule has 0 amide bonds. The Labute approximate surface area is 109 Å². The molecule has 0 bridgehead atoms. The van der Waals surface area contributed by atoms with Gasteiger partial charge in [0, 0.05) is 12.2 Å². The molecule has 2 nitrogen and oxygen atoms in total. The SMILES string of the molecule is CCCCCSc1ccc(CC(N)CC)cn1. The molecule has 0 aliphatic carbocycles. The van der Waals surface area contributed by atoms with E-state index in [0.717, 1.165) is 17.9 Å². The first-order chi connectivity index (χ1) is 8.26. The number of rotatable bonds is 8. The van der Waals surface area contributed by atoms with Crippen molar-refractivity contribution in [2.45, 2.75) is 57.0 Å². The highest BCUT2D eigenvalue weighted by molar-refractivity contribution is 7.99. The van der Waals surface area contributed by atoms with Crippen molar-refractivity contribution >= 4 is 11.8 Å². The fourth-order valence-electron chi connectivity index (χ4n) is 1.59. The Morgan fingerprint density at radius 3 is 2.71 bits per heavy atom. The molecule has 1 heterocycles. The van der Waals surface area contributed by atoms with Gasteiger partial charge < -0.3 is 5.73 Å². The summed E-state index contributed by atoms with van der Waals surface area (Å²) < 4.78 is 0. The van der Waals surface area contributed by atoms with Crippen LogP contribution >= 0.6 is 11.8 Å². The highest BCUT2D eigenvalue weighted by Crippen LogP contribution is 2.17. The Kier molecular flexibility index (Phi) is 7.29. The first kappa shape index (κ1) is 14.5. The number of hydrogen-bond acceptors (Lipinski definition) is 3. The molecule has 3 heteroatoms. The van der Waals surface area contributed by atoms with Crippen molar-refractivity contribution < 1.29 is 0 Å². The minimum absolute atomic E-state index is 0.264. The van der Waals surface area contributed by atoms with Gasteiger partial charge in [0.05, 0.1) is 5.03 Å². The summed E-state index contributed by atoms with van der Waals surface area (Å²) in [5, 5.41) is 1.13. The van der Waals surface area contributed by atoms with Crippen LogP contribution in [0.3, 0.4) is 0 Å². The number of aromatic nitrogens is 1. The van der Waals surface area contributed by atoms with E-state index < -0.39 is 0 Å². The number of thioether (sulfide) groups is 1. The van der Waals surface area contributed by atoms with Gasteiger partial charge in [-0.3, -0.25) is 0 Å². The second kappa shape index (κ2) is 8.54. The van der Waals surface area contributed by atoms with Crippen molar-refractivity contribution in [2.24, 2.45) is 5.73 Å². The Bertz CT molecular complexity index is 298. The van der Waals surface area contributed by atoms with Crippen molar-refractivity contribution in [3.63, 3.8) is 0 Å². The lowest BCUT2D eigenvalue weighted by Crippen LogP contribution is -2.21. The van der Waals surface area contributed by atoms with E-state index in [1.807, 2.05) is 18.0 Å². The van der Waals surface area contributed by atoms with Crippen LogP contribution in [0.1, 0.15) is 45.1 Å². The van der Waals surface area contributed by atoms with Gasteiger partial charge in [0.2, 0.25) is 0 Å². The molecule has 0 aliphatic heterocycles. The standard InChI is InChI=1S/C14H24N2S/c1-3-5-6-9-17-14-8-7-12(11-16-14)10-13(15)4-2/h7-8,11,13H,3-6,9-10,15H2,1-2H3. The maximum atomic E-state index is 5.92. The lowest BCUT2D eigenvalue weighted by molar-refractivity contribution is 0.644. The molecule has 0 saturated carbocycles. The quantitative estimate of drug-likeness (QED) is 0.567. The zero-order valence-corrected chi connectivity index (χ0v) is 11.8.